The summed E-state index contributed by atoms with van der Waals surface area (Å²) in [6.07, 6.45) is 0. The van der Waals surface area contributed by atoms with E-state index in [0.29, 0.717) is 11.4 Å². The molecule has 0 fully saturated rings. The fourth-order valence-corrected chi connectivity index (χ4v) is 3.98. The van der Waals surface area contributed by atoms with E-state index in [1.165, 1.54) is 38.4 Å². The molecule has 0 bridgehead atoms. The van der Waals surface area contributed by atoms with Crippen LogP contribution < -0.4 is 13.8 Å². The molecule has 0 N–H and O–H groups in total. The van der Waals surface area contributed by atoms with Gasteiger partial charge in [-0.2, -0.15) is 0 Å². The van der Waals surface area contributed by atoms with Crippen LogP contribution in [-0.2, 0) is 10.0 Å². The molecule has 0 atom stereocenters. The smallest absolute Gasteiger partial charge is 0.343 e. The van der Waals surface area contributed by atoms with Crippen LogP contribution in [0.3, 0.4) is 0 Å². The Kier molecular flexibility index (Phi) is 6.10. The third kappa shape index (κ3) is 4.52. The highest BCUT2D eigenvalue weighted by molar-refractivity contribution is 7.92. The van der Waals surface area contributed by atoms with Crippen molar-refractivity contribution in [1.29, 1.82) is 0 Å². The summed E-state index contributed by atoms with van der Waals surface area (Å²) in [4.78, 5) is 12.4. The van der Waals surface area contributed by atoms with Crippen LogP contribution in [0.5, 0.6) is 11.5 Å². The standard InChI is InChI=1S/C21H18ClNO5S/c1-23(16-10-12-17(27-2)13-11-16)29(25,26)18-7-5-6-15(14-18)21(24)28-20-9-4-3-8-19(20)22/h3-14H,1-2H3. The van der Waals surface area contributed by atoms with Crippen molar-refractivity contribution in [1.82, 2.24) is 0 Å². The lowest BCUT2D eigenvalue weighted by atomic mass is 10.2. The average molecular weight is 432 g/mol. The van der Waals surface area contributed by atoms with Crippen LogP contribution in [0.1, 0.15) is 10.4 Å². The lowest BCUT2D eigenvalue weighted by Gasteiger charge is -2.20. The van der Waals surface area contributed by atoms with Gasteiger partial charge in [-0.15, -0.1) is 0 Å². The van der Waals surface area contributed by atoms with E-state index in [-0.39, 0.29) is 21.2 Å². The Morgan fingerprint density at radius 2 is 1.66 bits per heavy atom. The normalized spacial score (nSPS) is 11.0. The topological polar surface area (TPSA) is 72.9 Å². The highest BCUT2D eigenvalue weighted by Gasteiger charge is 2.23. The number of carbonyl (C=O) groups excluding carboxylic acids is 1. The van der Waals surface area contributed by atoms with Crippen LogP contribution in [0.25, 0.3) is 0 Å². The molecule has 0 aliphatic carbocycles. The Bertz CT molecular complexity index is 1130. The van der Waals surface area contributed by atoms with Crippen LogP contribution in [0.4, 0.5) is 5.69 Å². The summed E-state index contributed by atoms with van der Waals surface area (Å²) in [6.45, 7) is 0. The first-order valence-electron chi connectivity index (χ1n) is 8.52. The van der Waals surface area contributed by atoms with E-state index < -0.39 is 16.0 Å². The van der Waals surface area contributed by atoms with E-state index in [1.807, 2.05) is 0 Å². The van der Waals surface area contributed by atoms with Crippen LogP contribution in [-0.4, -0.2) is 28.5 Å². The number of carbonyl (C=O) groups is 1. The van der Waals surface area contributed by atoms with Crippen LogP contribution in [0.15, 0.2) is 77.7 Å². The summed E-state index contributed by atoms with van der Waals surface area (Å²) in [7, 11) is -0.923. The molecule has 3 aromatic carbocycles. The SMILES string of the molecule is COc1ccc(N(C)S(=O)(=O)c2cccc(C(=O)Oc3ccccc3Cl)c2)cc1. The van der Waals surface area contributed by atoms with Gasteiger partial charge in [-0.3, -0.25) is 4.31 Å². The van der Waals surface area contributed by atoms with Gasteiger partial charge in [0, 0.05) is 7.05 Å². The Hall–Kier alpha value is -3.03. The number of halogens is 1. The number of hydrogen-bond donors (Lipinski definition) is 0. The molecule has 0 aromatic heterocycles. The molecule has 0 spiro atoms. The van der Waals surface area contributed by atoms with Crippen molar-refractivity contribution >= 4 is 33.3 Å². The number of benzene rings is 3. The second kappa shape index (κ2) is 8.55. The molecule has 3 aromatic rings. The second-order valence-corrected chi connectivity index (χ2v) is 8.39. The predicted octanol–water partition coefficient (Wildman–Crippen LogP) is 4.39. The van der Waals surface area contributed by atoms with Gasteiger partial charge in [-0.1, -0.05) is 29.8 Å². The highest BCUT2D eigenvalue weighted by atomic mass is 35.5. The molecule has 0 saturated heterocycles. The van der Waals surface area contributed by atoms with Gasteiger partial charge in [0.15, 0.2) is 0 Å². The lowest BCUT2D eigenvalue weighted by Crippen LogP contribution is -2.26. The number of hydrogen-bond acceptors (Lipinski definition) is 5. The highest BCUT2D eigenvalue weighted by Crippen LogP contribution is 2.26. The van der Waals surface area contributed by atoms with E-state index in [1.54, 1.807) is 48.5 Å². The summed E-state index contributed by atoms with van der Waals surface area (Å²) in [5.41, 5.74) is 0.545. The van der Waals surface area contributed by atoms with Gasteiger partial charge in [-0.05, 0) is 54.6 Å². The summed E-state index contributed by atoms with van der Waals surface area (Å²) in [5, 5.41) is 0.281. The summed E-state index contributed by atoms with van der Waals surface area (Å²) in [6, 6.07) is 18.8. The summed E-state index contributed by atoms with van der Waals surface area (Å²) >= 11 is 6.00. The molecule has 150 valence electrons. The molecule has 0 aliphatic rings. The number of ether oxygens (including phenoxy) is 2. The maximum absolute atomic E-state index is 13.0. The largest absolute Gasteiger partial charge is 0.497 e. The first-order chi connectivity index (χ1) is 13.8. The average Bonchev–Trinajstić information content (AvgIpc) is 2.75. The van der Waals surface area contributed by atoms with Gasteiger partial charge >= 0.3 is 5.97 Å². The van der Waals surface area contributed by atoms with Gasteiger partial charge < -0.3 is 9.47 Å². The van der Waals surface area contributed by atoms with Crippen LogP contribution >= 0.6 is 11.6 Å². The number of rotatable bonds is 6. The summed E-state index contributed by atoms with van der Waals surface area (Å²) in [5.74, 6) is 0.105. The molecule has 29 heavy (non-hydrogen) atoms. The van der Waals surface area contributed by atoms with E-state index in [9.17, 15) is 13.2 Å². The minimum Gasteiger partial charge on any atom is -0.497 e. The van der Waals surface area contributed by atoms with E-state index in [0.717, 1.165) is 4.31 Å². The molecule has 0 amide bonds. The lowest BCUT2D eigenvalue weighted by molar-refractivity contribution is 0.0734. The first-order valence-corrected chi connectivity index (χ1v) is 10.3. The van der Waals surface area contributed by atoms with Crippen molar-refractivity contribution in [2.45, 2.75) is 4.90 Å². The molecule has 6 nitrogen and oxygen atoms in total. The van der Waals surface area contributed by atoms with Crippen LogP contribution in [0, 0.1) is 0 Å². The fourth-order valence-electron chi connectivity index (χ4n) is 2.56. The van der Waals surface area contributed by atoms with Gasteiger partial charge in [0.25, 0.3) is 10.0 Å². The zero-order valence-electron chi connectivity index (χ0n) is 15.7. The Morgan fingerprint density at radius 1 is 0.966 bits per heavy atom. The Morgan fingerprint density at radius 3 is 2.31 bits per heavy atom. The number of para-hydroxylation sites is 1. The maximum atomic E-state index is 13.0. The minimum atomic E-state index is -3.89. The minimum absolute atomic E-state index is 0.0376. The monoisotopic (exact) mass is 431 g/mol. The van der Waals surface area contributed by atoms with Crippen molar-refractivity contribution in [3.05, 3.63) is 83.4 Å². The van der Waals surface area contributed by atoms with E-state index in [4.69, 9.17) is 21.1 Å². The molecule has 0 saturated carbocycles. The van der Waals surface area contributed by atoms with Crippen molar-refractivity contribution in [3.63, 3.8) is 0 Å². The molecular formula is C21H18ClNO5S. The molecular weight excluding hydrogens is 414 g/mol. The molecule has 8 heteroatoms. The predicted molar refractivity (Wildman–Crippen MR) is 111 cm³/mol. The summed E-state index contributed by atoms with van der Waals surface area (Å²) < 4.78 is 37.5. The third-order valence-electron chi connectivity index (χ3n) is 4.20. The van der Waals surface area contributed by atoms with Gasteiger partial charge in [0.2, 0.25) is 0 Å². The molecule has 0 unspecified atom stereocenters. The quantitative estimate of drug-likeness (QED) is 0.427. The van der Waals surface area contributed by atoms with Gasteiger partial charge in [0.1, 0.15) is 11.5 Å². The molecule has 0 aliphatic heterocycles. The Labute approximate surface area is 174 Å². The van der Waals surface area contributed by atoms with Crippen molar-refractivity contribution in [2.24, 2.45) is 0 Å². The number of esters is 1. The second-order valence-electron chi connectivity index (χ2n) is 6.02. The van der Waals surface area contributed by atoms with Crippen molar-refractivity contribution < 1.29 is 22.7 Å². The maximum Gasteiger partial charge on any atom is 0.343 e. The zero-order valence-corrected chi connectivity index (χ0v) is 17.3. The first kappa shape index (κ1) is 20.7. The molecule has 0 heterocycles. The molecule has 0 radical (unpaired) electrons. The number of methoxy groups -OCH3 is 1. The number of anilines is 1. The zero-order chi connectivity index (χ0) is 21.0. The number of nitrogens with zero attached hydrogens (tertiary/aromatic N) is 1. The third-order valence-corrected chi connectivity index (χ3v) is 6.30. The van der Waals surface area contributed by atoms with Crippen molar-refractivity contribution in [2.75, 3.05) is 18.5 Å². The molecule has 3 rings (SSSR count). The van der Waals surface area contributed by atoms with E-state index in [2.05, 4.69) is 0 Å². The Balaban J connectivity index is 1.87. The van der Waals surface area contributed by atoms with Crippen molar-refractivity contribution in [3.8, 4) is 11.5 Å². The van der Waals surface area contributed by atoms with Crippen LogP contribution in [0.2, 0.25) is 5.02 Å². The fraction of sp³-hybridized carbons (Fsp3) is 0.0952. The number of sulfonamides is 1. The van der Waals surface area contributed by atoms with E-state index >= 15 is 0 Å². The van der Waals surface area contributed by atoms with Gasteiger partial charge in [-0.25, -0.2) is 13.2 Å². The van der Waals surface area contributed by atoms with Gasteiger partial charge in [0.05, 0.1) is 28.3 Å².